The third-order valence-electron chi connectivity index (χ3n) is 4.68. The first-order valence-corrected chi connectivity index (χ1v) is 11.2. The SMILES string of the molecule is COc1ccc(-c2nnc(SCC(=O)NC(c3nc(-c4cccnc4)no3)C(C)C)o2)cc1. The molecule has 0 fully saturated rings. The first-order chi connectivity index (χ1) is 16.0. The normalized spacial score (nSPS) is 12.0. The van der Waals surface area contributed by atoms with Crippen LogP contribution in [0.2, 0.25) is 0 Å². The Labute approximate surface area is 194 Å². The molecule has 1 unspecified atom stereocenters. The number of nitrogens with zero attached hydrogens (tertiary/aromatic N) is 5. The Balaban J connectivity index is 1.36. The van der Waals surface area contributed by atoms with Gasteiger partial charge in [0.15, 0.2) is 0 Å². The monoisotopic (exact) mass is 466 g/mol. The van der Waals surface area contributed by atoms with E-state index in [1.165, 1.54) is 0 Å². The summed E-state index contributed by atoms with van der Waals surface area (Å²) in [5.74, 6) is 1.77. The minimum atomic E-state index is -0.437. The fourth-order valence-electron chi connectivity index (χ4n) is 2.95. The third kappa shape index (κ3) is 5.55. The lowest BCUT2D eigenvalue weighted by Crippen LogP contribution is -2.33. The lowest BCUT2D eigenvalue weighted by molar-refractivity contribution is -0.119. The Morgan fingerprint density at radius 2 is 1.97 bits per heavy atom. The van der Waals surface area contributed by atoms with Gasteiger partial charge in [-0.1, -0.05) is 30.8 Å². The predicted octanol–water partition coefficient (Wildman–Crippen LogP) is 3.80. The number of benzene rings is 1. The molecule has 1 atom stereocenters. The number of rotatable bonds is 9. The van der Waals surface area contributed by atoms with E-state index in [0.29, 0.717) is 22.8 Å². The van der Waals surface area contributed by atoms with E-state index in [4.69, 9.17) is 13.7 Å². The minimum absolute atomic E-state index is 0.0335. The fourth-order valence-corrected chi connectivity index (χ4v) is 3.52. The molecule has 0 radical (unpaired) electrons. The molecule has 3 heterocycles. The van der Waals surface area contributed by atoms with Gasteiger partial charge in [-0.25, -0.2) is 0 Å². The number of thioether (sulfide) groups is 1. The average Bonchev–Trinajstić information content (AvgIpc) is 3.52. The number of ether oxygens (including phenoxy) is 1. The van der Waals surface area contributed by atoms with Gasteiger partial charge in [0.2, 0.25) is 23.5 Å². The zero-order valence-electron chi connectivity index (χ0n) is 18.3. The molecule has 10 nitrogen and oxygen atoms in total. The number of hydrogen-bond acceptors (Lipinski definition) is 10. The van der Waals surface area contributed by atoms with Crippen molar-refractivity contribution in [3.05, 3.63) is 54.7 Å². The number of amides is 1. The van der Waals surface area contributed by atoms with Gasteiger partial charge in [-0.05, 0) is 42.3 Å². The Kier molecular flexibility index (Phi) is 6.98. The van der Waals surface area contributed by atoms with Gasteiger partial charge in [0.1, 0.15) is 11.8 Å². The molecule has 1 N–H and O–H groups in total. The zero-order chi connectivity index (χ0) is 23.2. The van der Waals surface area contributed by atoms with E-state index in [1.54, 1.807) is 25.6 Å². The van der Waals surface area contributed by atoms with Gasteiger partial charge in [0.25, 0.3) is 5.22 Å². The standard InChI is InChI=1S/C22H22N6O4S/c1-13(2)18(21-25-19(28-32-21)15-5-4-10-23-11-15)24-17(29)12-33-22-27-26-20(31-22)14-6-8-16(30-3)9-7-14/h4-11,13,18H,12H2,1-3H3,(H,24,29). The highest BCUT2D eigenvalue weighted by molar-refractivity contribution is 7.99. The lowest BCUT2D eigenvalue weighted by Gasteiger charge is -2.18. The minimum Gasteiger partial charge on any atom is -0.497 e. The molecule has 0 saturated carbocycles. The van der Waals surface area contributed by atoms with E-state index in [1.807, 2.05) is 44.2 Å². The van der Waals surface area contributed by atoms with Crippen LogP contribution < -0.4 is 10.1 Å². The van der Waals surface area contributed by atoms with Gasteiger partial charge in [0, 0.05) is 23.5 Å². The van der Waals surface area contributed by atoms with Gasteiger partial charge in [-0.3, -0.25) is 9.78 Å². The van der Waals surface area contributed by atoms with Crippen LogP contribution in [0.1, 0.15) is 25.8 Å². The van der Waals surface area contributed by atoms with Crippen LogP contribution in [0, 0.1) is 5.92 Å². The number of hydrogen-bond donors (Lipinski definition) is 1. The van der Waals surface area contributed by atoms with E-state index in [-0.39, 0.29) is 17.6 Å². The number of nitrogens with one attached hydrogen (secondary N) is 1. The molecule has 4 rings (SSSR count). The van der Waals surface area contributed by atoms with Crippen LogP contribution in [-0.2, 0) is 4.79 Å². The van der Waals surface area contributed by atoms with Crippen LogP contribution in [-0.4, -0.2) is 44.1 Å². The molecule has 33 heavy (non-hydrogen) atoms. The second-order valence-electron chi connectivity index (χ2n) is 7.38. The van der Waals surface area contributed by atoms with Crippen LogP contribution in [0.3, 0.4) is 0 Å². The van der Waals surface area contributed by atoms with E-state index in [2.05, 4.69) is 30.6 Å². The molecule has 1 aromatic carbocycles. The second kappa shape index (κ2) is 10.3. The molecule has 0 bridgehead atoms. The highest BCUT2D eigenvalue weighted by Gasteiger charge is 2.25. The summed E-state index contributed by atoms with van der Waals surface area (Å²) in [6, 6.07) is 10.5. The van der Waals surface area contributed by atoms with Crippen molar-refractivity contribution < 1.29 is 18.5 Å². The summed E-state index contributed by atoms with van der Waals surface area (Å²) in [6.07, 6.45) is 3.32. The number of carbonyl (C=O) groups excluding carboxylic acids is 1. The van der Waals surface area contributed by atoms with Crippen LogP contribution in [0.5, 0.6) is 5.75 Å². The number of pyridine rings is 1. The highest BCUT2D eigenvalue weighted by Crippen LogP contribution is 2.26. The van der Waals surface area contributed by atoms with Crippen LogP contribution in [0.15, 0.2) is 63.0 Å². The molecule has 11 heteroatoms. The summed E-state index contributed by atoms with van der Waals surface area (Å²) in [5.41, 5.74) is 1.50. The Morgan fingerprint density at radius 1 is 1.15 bits per heavy atom. The molecule has 0 saturated heterocycles. The quantitative estimate of drug-likeness (QED) is 0.364. The maximum Gasteiger partial charge on any atom is 0.277 e. The van der Waals surface area contributed by atoms with Crippen molar-refractivity contribution in [1.29, 1.82) is 0 Å². The first kappa shape index (κ1) is 22.5. The van der Waals surface area contributed by atoms with Crippen LogP contribution in [0.25, 0.3) is 22.8 Å². The van der Waals surface area contributed by atoms with E-state index >= 15 is 0 Å². The number of carbonyl (C=O) groups is 1. The third-order valence-corrected chi connectivity index (χ3v) is 5.50. The summed E-state index contributed by atoms with van der Waals surface area (Å²) < 4.78 is 16.2. The molecular weight excluding hydrogens is 444 g/mol. The second-order valence-corrected chi connectivity index (χ2v) is 8.30. The van der Waals surface area contributed by atoms with Crippen molar-refractivity contribution in [1.82, 2.24) is 30.6 Å². The predicted molar refractivity (Wildman–Crippen MR) is 120 cm³/mol. The summed E-state index contributed by atoms with van der Waals surface area (Å²) in [7, 11) is 1.60. The molecule has 3 aromatic heterocycles. The summed E-state index contributed by atoms with van der Waals surface area (Å²) in [5, 5.41) is 15.3. The molecule has 0 aliphatic rings. The van der Waals surface area contributed by atoms with Crippen molar-refractivity contribution in [2.75, 3.05) is 12.9 Å². The summed E-state index contributed by atoms with van der Waals surface area (Å²) >= 11 is 1.15. The lowest BCUT2D eigenvalue weighted by atomic mass is 10.0. The summed E-state index contributed by atoms with van der Waals surface area (Å²) in [6.45, 7) is 3.93. The number of methoxy groups -OCH3 is 1. The molecule has 0 aliphatic carbocycles. The van der Waals surface area contributed by atoms with Gasteiger partial charge < -0.3 is 19.0 Å². The topological polar surface area (TPSA) is 129 Å². The first-order valence-electron chi connectivity index (χ1n) is 10.2. The van der Waals surface area contributed by atoms with Crippen molar-refractivity contribution in [3.63, 3.8) is 0 Å². The zero-order valence-corrected chi connectivity index (χ0v) is 19.1. The Bertz CT molecular complexity index is 1190. The van der Waals surface area contributed by atoms with Gasteiger partial charge in [0.05, 0.1) is 12.9 Å². The average molecular weight is 467 g/mol. The highest BCUT2D eigenvalue weighted by atomic mass is 32.2. The van der Waals surface area contributed by atoms with Crippen LogP contribution in [0.4, 0.5) is 0 Å². The Morgan fingerprint density at radius 3 is 2.67 bits per heavy atom. The van der Waals surface area contributed by atoms with Crippen molar-refractivity contribution in [2.45, 2.75) is 25.1 Å². The summed E-state index contributed by atoms with van der Waals surface area (Å²) in [4.78, 5) is 21.1. The maximum absolute atomic E-state index is 12.6. The molecule has 1 amide bonds. The molecular formula is C22H22N6O4S. The molecule has 170 valence electrons. The van der Waals surface area contributed by atoms with E-state index < -0.39 is 6.04 Å². The smallest absolute Gasteiger partial charge is 0.277 e. The van der Waals surface area contributed by atoms with E-state index in [0.717, 1.165) is 28.6 Å². The molecule has 0 aliphatic heterocycles. The van der Waals surface area contributed by atoms with Gasteiger partial charge in [-0.2, -0.15) is 4.98 Å². The van der Waals surface area contributed by atoms with Crippen molar-refractivity contribution >= 4 is 17.7 Å². The fraction of sp³-hybridized carbons (Fsp3) is 0.273. The van der Waals surface area contributed by atoms with E-state index in [9.17, 15) is 4.79 Å². The largest absolute Gasteiger partial charge is 0.497 e. The van der Waals surface area contributed by atoms with Gasteiger partial charge >= 0.3 is 0 Å². The molecule has 4 aromatic rings. The Hall–Kier alpha value is -3.73. The van der Waals surface area contributed by atoms with Crippen molar-refractivity contribution in [3.8, 4) is 28.6 Å². The van der Waals surface area contributed by atoms with Gasteiger partial charge in [-0.15, -0.1) is 10.2 Å². The van der Waals surface area contributed by atoms with Crippen LogP contribution >= 0.6 is 11.8 Å². The molecule has 0 spiro atoms. The van der Waals surface area contributed by atoms with Crippen molar-refractivity contribution in [2.24, 2.45) is 5.92 Å². The maximum atomic E-state index is 12.6. The number of aromatic nitrogens is 5.